The fourth-order valence-electron chi connectivity index (χ4n) is 3.92. The largest absolute Gasteiger partial charge is 0.303 e. The first-order chi connectivity index (χ1) is 7.72. The van der Waals surface area contributed by atoms with Crippen LogP contribution >= 0.6 is 0 Å². The fraction of sp³-hybridized carbons (Fsp3) is 0.643. The zero-order valence-corrected chi connectivity index (χ0v) is 10.1. The summed E-state index contributed by atoms with van der Waals surface area (Å²) in [6.07, 6.45) is 6.05. The summed E-state index contributed by atoms with van der Waals surface area (Å²) in [6, 6.07) is 6.90. The van der Waals surface area contributed by atoms with Crippen molar-refractivity contribution in [3.05, 3.63) is 30.1 Å². The van der Waals surface area contributed by atoms with E-state index in [1.54, 1.807) is 0 Å². The highest BCUT2D eigenvalue weighted by atomic mass is 15.1. The van der Waals surface area contributed by atoms with Gasteiger partial charge in [0, 0.05) is 12.2 Å². The van der Waals surface area contributed by atoms with Crippen LogP contribution in [-0.2, 0) is 5.54 Å². The van der Waals surface area contributed by atoms with Crippen LogP contribution in [0.15, 0.2) is 24.4 Å². The lowest BCUT2D eigenvalue weighted by Crippen LogP contribution is -2.41. The molecule has 1 saturated carbocycles. The van der Waals surface area contributed by atoms with Crippen LogP contribution in [0.3, 0.4) is 0 Å². The number of nitrogens with zero attached hydrogens (tertiary/aromatic N) is 1. The van der Waals surface area contributed by atoms with E-state index in [2.05, 4.69) is 36.3 Å². The van der Waals surface area contributed by atoms with Crippen molar-refractivity contribution in [2.24, 2.45) is 11.8 Å². The summed E-state index contributed by atoms with van der Waals surface area (Å²) < 4.78 is 0. The molecule has 1 aromatic rings. The maximum atomic E-state index is 4.56. The second-order valence-corrected chi connectivity index (χ2v) is 5.55. The molecule has 2 heterocycles. The van der Waals surface area contributed by atoms with Crippen LogP contribution in [0, 0.1) is 11.8 Å². The Bertz CT molecular complexity index is 376. The molecule has 4 atom stereocenters. The number of aromatic nitrogens is 1. The van der Waals surface area contributed by atoms with Gasteiger partial charge < -0.3 is 5.32 Å². The van der Waals surface area contributed by atoms with Gasteiger partial charge in [-0.1, -0.05) is 12.5 Å². The van der Waals surface area contributed by atoms with Crippen molar-refractivity contribution in [2.75, 3.05) is 0 Å². The molecule has 1 aliphatic heterocycles. The second-order valence-electron chi connectivity index (χ2n) is 5.55. The van der Waals surface area contributed by atoms with E-state index in [1.165, 1.54) is 25.0 Å². The molecular formula is C14H20N2. The van der Waals surface area contributed by atoms with E-state index < -0.39 is 0 Å². The van der Waals surface area contributed by atoms with Crippen molar-refractivity contribution in [2.45, 2.75) is 44.7 Å². The molecule has 2 heteroatoms. The van der Waals surface area contributed by atoms with Crippen molar-refractivity contribution in [3.63, 3.8) is 0 Å². The summed E-state index contributed by atoms with van der Waals surface area (Å²) in [5.41, 5.74) is 1.32. The molecule has 0 radical (unpaired) electrons. The number of fused-ring (bicyclic) bond motifs is 1. The maximum Gasteiger partial charge on any atom is 0.0614 e. The highest BCUT2D eigenvalue weighted by Gasteiger charge is 2.51. The van der Waals surface area contributed by atoms with Crippen molar-refractivity contribution in [3.8, 4) is 0 Å². The minimum atomic E-state index is 0.0991. The van der Waals surface area contributed by atoms with Gasteiger partial charge in [-0.2, -0.15) is 0 Å². The van der Waals surface area contributed by atoms with Gasteiger partial charge in [-0.15, -0.1) is 0 Å². The van der Waals surface area contributed by atoms with E-state index in [0.29, 0.717) is 6.04 Å². The number of rotatable bonds is 1. The molecule has 2 aliphatic rings. The topological polar surface area (TPSA) is 24.9 Å². The monoisotopic (exact) mass is 216 g/mol. The number of nitrogens with one attached hydrogen (secondary N) is 1. The Labute approximate surface area is 97.5 Å². The highest BCUT2D eigenvalue weighted by molar-refractivity contribution is 5.21. The standard InChI is InChI=1S/C14H20N2/c1-10-11-6-5-7-12(11)14(2,16-10)13-8-3-4-9-15-13/h3-4,8-12,16H,5-7H2,1-2H3. The van der Waals surface area contributed by atoms with Gasteiger partial charge in [-0.25, -0.2) is 0 Å². The lowest BCUT2D eigenvalue weighted by Gasteiger charge is -2.30. The van der Waals surface area contributed by atoms with Gasteiger partial charge in [0.15, 0.2) is 0 Å². The molecule has 0 amide bonds. The van der Waals surface area contributed by atoms with Gasteiger partial charge in [0.25, 0.3) is 0 Å². The van der Waals surface area contributed by atoms with Crippen LogP contribution in [0.4, 0.5) is 0 Å². The quantitative estimate of drug-likeness (QED) is 0.780. The maximum absolute atomic E-state index is 4.56. The predicted octanol–water partition coefficient (Wildman–Crippen LogP) is 2.70. The first-order valence-electron chi connectivity index (χ1n) is 6.41. The molecule has 1 saturated heterocycles. The van der Waals surface area contributed by atoms with Gasteiger partial charge in [0.1, 0.15) is 0 Å². The second kappa shape index (κ2) is 3.56. The Morgan fingerprint density at radius 2 is 2.25 bits per heavy atom. The molecule has 3 rings (SSSR count). The lowest BCUT2D eigenvalue weighted by atomic mass is 9.80. The van der Waals surface area contributed by atoms with Gasteiger partial charge in [0.05, 0.1) is 11.2 Å². The summed E-state index contributed by atoms with van der Waals surface area (Å²) in [5, 5.41) is 3.79. The molecule has 0 aromatic carbocycles. The van der Waals surface area contributed by atoms with E-state index in [-0.39, 0.29) is 5.54 Å². The van der Waals surface area contributed by atoms with Crippen LogP contribution in [0.2, 0.25) is 0 Å². The zero-order chi connectivity index (χ0) is 11.2. The third-order valence-corrected chi connectivity index (χ3v) is 4.68. The van der Waals surface area contributed by atoms with Crippen LogP contribution in [0.1, 0.15) is 38.8 Å². The molecule has 1 aliphatic carbocycles. The number of hydrogen-bond acceptors (Lipinski definition) is 2. The molecular weight excluding hydrogens is 196 g/mol. The lowest BCUT2D eigenvalue weighted by molar-refractivity contribution is 0.285. The average molecular weight is 216 g/mol. The van der Waals surface area contributed by atoms with Crippen LogP contribution < -0.4 is 5.32 Å². The van der Waals surface area contributed by atoms with Crippen LogP contribution in [0.25, 0.3) is 0 Å². The van der Waals surface area contributed by atoms with Gasteiger partial charge in [-0.05, 0) is 50.7 Å². The number of pyridine rings is 1. The molecule has 2 fully saturated rings. The van der Waals surface area contributed by atoms with E-state index in [1.807, 2.05) is 12.3 Å². The Kier molecular flexibility index (Phi) is 2.28. The third kappa shape index (κ3) is 1.32. The van der Waals surface area contributed by atoms with Crippen LogP contribution in [0.5, 0.6) is 0 Å². The molecule has 4 unspecified atom stereocenters. The van der Waals surface area contributed by atoms with E-state index in [9.17, 15) is 0 Å². The van der Waals surface area contributed by atoms with E-state index in [0.717, 1.165) is 11.8 Å². The van der Waals surface area contributed by atoms with E-state index in [4.69, 9.17) is 0 Å². The van der Waals surface area contributed by atoms with Gasteiger partial charge >= 0.3 is 0 Å². The molecule has 1 aromatic heterocycles. The minimum Gasteiger partial charge on any atom is -0.303 e. The molecule has 1 N–H and O–H groups in total. The molecule has 2 nitrogen and oxygen atoms in total. The Morgan fingerprint density at radius 3 is 3.00 bits per heavy atom. The van der Waals surface area contributed by atoms with Crippen molar-refractivity contribution in [1.29, 1.82) is 0 Å². The SMILES string of the molecule is CC1NC(C)(c2ccccn2)C2CCCC12. The smallest absolute Gasteiger partial charge is 0.0614 e. The highest BCUT2D eigenvalue weighted by Crippen LogP contribution is 2.50. The van der Waals surface area contributed by atoms with Crippen molar-refractivity contribution >= 4 is 0 Å². The zero-order valence-electron chi connectivity index (χ0n) is 10.1. The first-order valence-corrected chi connectivity index (χ1v) is 6.41. The molecule has 86 valence electrons. The predicted molar refractivity (Wildman–Crippen MR) is 65.0 cm³/mol. The Balaban J connectivity index is 1.99. The van der Waals surface area contributed by atoms with E-state index >= 15 is 0 Å². The summed E-state index contributed by atoms with van der Waals surface area (Å²) in [4.78, 5) is 4.56. The van der Waals surface area contributed by atoms with Crippen LogP contribution in [-0.4, -0.2) is 11.0 Å². The van der Waals surface area contributed by atoms with Gasteiger partial charge in [-0.3, -0.25) is 4.98 Å². The van der Waals surface area contributed by atoms with Crippen molar-refractivity contribution in [1.82, 2.24) is 10.3 Å². The normalized spacial score (nSPS) is 42.2. The summed E-state index contributed by atoms with van der Waals surface area (Å²) in [5.74, 6) is 1.63. The molecule has 0 bridgehead atoms. The van der Waals surface area contributed by atoms with Gasteiger partial charge in [0.2, 0.25) is 0 Å². The third-order valence-electron chi connectivity index (χ3n) is 4.68. The Hall–Kier alpha value is -0.890. The summed E-state index contributed by atoms with van der Waals surface area (Å²) in [6.45, 7) is 4.67. The minimum absolute atomic E-state index is 0.0991. The summed E-state index contributed by atoms with van der Waals surface area (Å²) in [7, 11) is 0. The fourth-order valence-corrected chi connectivity index (χ4v) is 3.92. The summed E-state index contributed by atoms with van der Waals surface area (Å²) >= 11 is 0. The average Bonchev–Trinajstić information content (AvgIpc) is 2.86. The Morgan fingerprint density at radius 1 is 1.38 bits per heavy atom. The molecule has 0 spiro atoms. The first kappa shape index (κ1) is 10.3. The number of hydrogen-bond donors (Lipinski definition) is 1. The van der Waals surface area contributed by atoms with Crippen molar-refractivity contribution < 1.29 is 0 Å². The molecule has 16 heavy (non-hydrogen) atoms.